The van der Waals surface area contributed by atoms with Crippen LogP contribution in [0.3, 0.4) is 0 Å². The molecule has 1 atom stereocenters. The molecule has 1 saturated carbocycles. The van der Waals surface area contributed by atoms with Gasteiger partial charge in [0.2, 0.25) is 5.91 Å². The van der Waals surface area contributed by atoms with E-state index in [4.69, 9.17) is 5.11 Å². The standard InChI is InChI=1S/C11H20N2O2/c14-8-9-3-5-13(7-9)6-4-11(15)12-10-1-2-10/h9-10,14H,1-8H2,(H,12,15). The topological polar surface area (TPSA) is 52.6 Å². The van der Waals surface area contributed by atoms with E-state index in [1.807, 2.05) is 0 Å². The van der Waals surface area contributed by atoms with Gasteiger partial charge in [-0.15, -0.1) is 0 Å². The predicted molar refractivity (Wildman–Crippen MR) is 57.4 cm³/mol. The van der Waals surface area contributed by atoms with Crippen LogP contribution in [0.25, 0.3) is 0 Å². The van der Waals surface area contributed by atoms with Gasteiger partial charge in [-0.25, -0.2) is 0 Å². The Balaban J connectivity index is 1.58. The normalized spacial score (nSPS) is 26.9. The van der Waals surface area contributed by atoms with E-state index in [0.29, 0.717) is 18.4 Å². The van der Waals surface area contributed by atoms with Crippen molar-refractivity contribution in [1.29, 1.82) is 0 Å². The van der Waals surface area contributed by atoms with E-state index in [1.165, 1.54) is 0 Å². The minimum Gasteiger partial charge on any atom is -0.396 e. The summed E-state index contributed by atoms with van der Waals surface area (Å²) in [5.41, 5.74) is 0. The maximum Gasteiger partial charge on any atom is 0.221 e. The fourth-order valence-electron chi connectivity index (χ4n) is 2.05. The quantitative estimate of drug-likeness (QED) is 0.673. The zero-order valence-corrected chi connectivity index (χ0v) is 9.11. The van der Waals surface area contributed by atoms with Gasteiger partial charge in [-0.3, -0.25) is 4.79 Å². The molecule has 0 aromatic rings. The van der Waals surface area contributed by atoms with Crippen molar-refractivity contribution in [3.05, 3.63) is 0 Å². The highest BCUT2D eigenvalue weighted by atomic mass is 16.3. The van der Waals surface area contributed by atoms with Gasteiger partial charge < -0.3 is 15.3 Å². The second-order valence-electron chi connectivity index (χ2n) is 4.73. The molecular weight excluding hydrogens is 192 g/mol. The van der Waals surface area contributed by atoms with Crippen LogP contribution >= 0.6 is 0 Å². The number of likely N-dealkylation sites (tertiary alicyclic amines) is 1. The number of aliphatic hydroxyl groups excluding tert-OH is 1. The van der Waals surface area contributed by atoms with Crippen LogP contribution in [0, 0.1) is 5.92 Å². The van der Waals surface area contributed by atoms with Gasteiger partial charge in [-0.05, 0) is 31.7 Å². The van der Waals surface area contributed by atoms with Crippen LogP contribution in [0.4, 0.5) is 0 Å². The highest BCUT2D eigenvalue weighted by Gasteiger charge is 2.25. The summed E-state index contributed by atoms with van der Waals surface area (Å²) in [6.07, 6.45) is 3.99. The molecule has 0 bridgehead atoms. The molecule has 1 heterocycles. The first-order valence-corrected chi connectivity index (χ1v) is 5.90. The van der Waals surface area contributed by atoms with Crippen molar-refractivity contribution in [2.75, 3.05) is 26.2 Å². The second-order valence-corrected chi connectivity index (χ2v) is 4.73. The lowest BCUT2D eigenvalue weighted by atomic mass is 10.1. The van der Waals surface area contributed by atoms with Crippen molar-refractivity contribution in [2.45, 2.75) is 31.7 Å². The third kappa shape index (κ3) is 3.47. The van der Waals surface area contributed by atoms with Crippen LogP contribution < -0.4 is 5.32 Å². The van der Waals surface area contributed by atoms with E-state index in [1.54, 1.807) is 0 Å². The maximum absolute atomic E-state index is 11.4. The maximum atomic E-state index is 11.4. The minimum atomic E-state index is 0.185. The summed E-state index contributed by atoms with van der Waals surface area (Å²) >= 11 is 0. The molecule has 1 saturated heterocycles. The molecule has 4 nitrogen and oxygen atoms in total. The average Bonchev–Trinajstić information content (AvgIpc) is 2.92. The van der Waals surface area contributed by atoms with Crippen molar-refractivity contribution in [3.63, 3.8) is 0 Å². The predicted octanol–water partition coefficient (Wildman–Crippen LogP) is -0.0307. The van der Waals surface area contributed by atoms with Crippen LogP contribution in [0.5, 0.6) is 0 Å². The number of aliphatic hydroxyl groups is 1. The zero-order chi connectivity index (χ0) is 10.7. The third-order valence-corrected chi connectivity index (χ3v) is 3.23. The Kier molecular flexibility index (Phi) is 3.59. The Labute approximate surface area is 90.6 Å². The number of hydrogen-bond donors (Lipinski definition) is 2. The SMILES string of the molecule is O=C(CCN1CCC(CO)C1)NC1CC1. The summed E-state index contributed by atoms with van der Waals surface area (Å²) in [6, 6.07) is 0.473. The van der Waals surface area contributed by atoms with Crippen LogP contribution in [-0.4, -0.2) is 48.2 Å². The van der Waals surface area contributed by atoms with Crippen LogP contribution in [0.1, 0.15) is 25.7 Å². The number of rotatable bonds is 5. The monoisotopic (exact) mass is 212 g/mol. The Hall–Kier alpha value is -0.610. The molecule has 2 rings (SSSR count). The van der Waals surface area contributed by atoms with E-state index in [9.17, 15) is 4.79 Å². The second kappa shape index (κ2) is 4.94. The van der Waals surface area contributed by atoms with Crippen molar-refractivity contribution in [2.24, 2.45) is 5.92 Å². The Bertz CT molecular complexity index is 229. The molecular formula is C11H20N2O2. The number of nitrogens with one attached hydrogen (secondary N) is 1. The molecule has 0 aromatic carbocycles. The van der Waals surface area contributed by atoms with Gasteiger partial charge >= 0.3 is 0 Å². The summed E-state index contributed by atoms with van der Waals surface area (Å²) in [5.74, 6) is 0.612. The number of carbonyl (C=O) groups is 1. The first kappa shape index (κ1) is 10.9. The number of carbonyl (C=O) groups excluding carboxylic acids is 1. The van der Waals surface area contributed by atoms with Crippen LogP contribution in [-0.2, 0) is 4.79 Å². The molecule has 0 spiro atoms. The Morgan fingerprint density at radius 1 is 1.40 bits per heavy atom. The highest BCUT2D eigenvalue weighted by Crippen LogP contribution is 2.19. The molecule has 1 unspecified atom stereocenters. The lowest BCUT2D eigenvalue weighted by Crippen LogP contribution is -2.31. The van der Waals surface area contributed by atoms with Crippen molar-refractivity contribution in [1.82, 2.24) is 10.2 Å². The molecule has 1 amide bonds. The zero-order valence-electron chi connectivity index (χ0n) is 9.11. The molecule has 0 radical (unpaired) electrons. The lowest BCUT2D eigenvalue weighted by molar-refractivity contribution is -0.121. The van der Waals surface area contributed by atoms with Gasteiger partial charge in [-0.1, -0.05) is 0 Å². The largest absolute Gasteiger partial charge is 0.396 e. The first-order chi connectivity index (χ1) is 7.28. The fourth-order valence-corrected chi connectivity index (χ4v) is 2.05. The van der Waals surface area contributed by atoms with Gasteiger partial charge in [0.05, 0.1) is 0 Å². The minimum absolute atomic E-state index is 0.185. The van der Waals surface area contributed by atoms with Gasteiger partial charge in [0.25, 0.3) is 0 Å². The summed E-state index contributed by atoms with van der Waals surface area (Å²) in [5, 5.41) is 12.0. The van der Waals surface area contributed by atoms with Gasteiger partial charge in [0.15, 0.2) is 0 Å². The summed E-state index contributed by atoms with van der Waals surface area (Å²) < 4.78 is 0. The van der Waals surface area contributed by atoms with E-state index in [0.717, 1.165) is 38.9 Å². The van der Waals surface area contributed by atoms with E-state index < -0.39 is 0 Å². The molecule has 15 heavy (non-hydrogen) atoms. The van der Waals surface area contributed by atoms with Gasteiger partial charge in [0, 0.05) is 32.2 Å². The van der Waals surface area contributed by atoms with Crippen LogP contribution in [0.15, 0.2) is 0 Å². The molecule has 86 valence electrons. The highest BCUT2D eigenvalue weighted by molar-refractivity contribution is 5.76. The van der Waals surface area contributed by atoms with Crippen molar-refractivity contribution in [3.8, 4) is 0 Å². The van der Waals surface area contributed by atoms with Crippen molar-refractivity contribution < 1.29 is 9.90 Å². The Morgan fingerprint density at radius 3 is 2.80 bits per heavy atom. The molecule has 1 aliphatic carbocycles. The molecule has 0 aromatic heterocycles. The summed E-state index contributed by atoms with van der Waals surface area (Å²) in [7, 11) is 0. The van der Waals surface area contributed by atoms with Crippen LogP contribution in [0.2, 0.25) is 0 Å². The molecule has 1 aliphatic heterocycles. The smallest absolute Gasteiger partial charge is 0.221 e. The molecule has 2 fully saturated rings. The van der Waals surface area contributed by atoms with Crippen molar-refractivity contribution >= 4 is 5.91 Å². The first-order valence-electron chi connectivity index (χ1n) is 5.90. The molecule has 2 N–H and O–H groups in total. The average molecular weight is 212 g/mol. The summed E-state index contributed by atoms with van der Waals surface area (Å²) in [4.78, 5) is 13.7. The third-order valence-electron chi connectivity index (χ3n) is 3.23. The van der Waals surface area contributed by atoms with Gasteiger partial charge in [0.1, 0.15) is 0 Å². The van der Waals surface area contributed by atoms with E-state index in [2.05, 4.69) is 10.2 Å². The molecule has 2 aliphatic rings. The lowest BCUT2D eigenvalue weighted by Gasteiger charge is -2.14. The van der Waals surface area contributed by atoms with Gasteiger partial charge in [-0.2, -0.15) is 0 Å². The van der Waals surface area contributed by atoms with E-state index >= 15 is 0 Å². The number of amides is 1. The molecule has 4 heteroatoms. The fraction of sp³-hybridized carbons (Fsp3) is 0.909. The van der Waals surface area contributed by atoms with E-state index in [-0.39, 0.29) is 12.5 Å². The number of nitrogens with zero attached hydrogens (tertiary/aromatic N) is 1. The Morgan fingerprint density at radius 2 is 2.20 bits per heavy atom. The number of hydrogen-bond acceptors (Lipinski definition) is 3. The summed E-state index contributed by atoms with van der Waals surface area (Å²) in [6.45, 7) is 3.11.